The van der Waals surface area contributed by atoms with Crippen molar-refractivity contribution in [2.45, 2.75) is 175 Å². The summed E-state index contributed by atoms with van der Waals surface area (Å²) in [7, 11) is 0. The number of rotatable bonds is 4. The Kier molecular flexibility index (Phi) is 24.5. The Labute approximate surface area is 403 Å². The fraction of sp³-hybridized carbons (Fsp3) is 0.673. The third kappa shape index (κ3) is 19.9. The maximum Gasteiger partial charge on any atom is 0.308 e. The third-order valence-electron chi connectivity index (χ3n) is 12.4. The van der Waals surface area contributed by atoms with E-state index >= 15 is 0 Å². The van der Waals surface area contributed by atoms with Gasteiger partial charge in [0.15, 0.2) is 12.1 Å². The number of hydrogen-bond donors (Lipinski definition) is 13. The van der Waals surface area contributed by atoms with Gasteiger partial charge < -0.3 is 90.9 Å². The van der Waals surface area contributed by atoms with Gasteiger partial charge in [-0.3, -0.25) is 9.59 Å². The molecule has 0 saturated carbocycles. The first-order valence-corrected chi connectivity index (χ1v) is 23.7. The third-order valence-corrected chi connectivity index (χ3v) is 12.4. The molecule has 0 aromatic carbocycles. The van der Waals surface area contributed by atoms with Crippen molar-refractivity contribution >= 4 is 11.9 Å². The SMILES string of the molecule is C[C@H]1CC(O)[C@@H](C)/C=C/C=C/C=C/C=C/C=C/C=C/C=C/C(O[C@@H]2OCC(O)[C@H](N)C2O)C[C@@H]2OC(O)(CC(O)CC(O)C(O)CCC(O)CC(O)CC(=O)O1)C[C@H](O)C2C(=O)N[C@@H]1COC[C@H]1O. The molecule has 19 atom stereocenters. The van der Waals surface area contributed by atoms with E-state index in [0.717, 1.165) is 0 Å². The van der Waals surface area contributed by atoms with E-state index in [4.69, 9.17) is 29.4 Å². The van der Waals surface area contributed by atoms with Crippen molar-refractivity contribution in [2.24, 2.45) is 17.6 Å². The van der Waals surface area contributed by atoms with Crippen molar-refractivity contribution < 1.29 is 89.4 Å². The van der Waals surface area contributed by atoms with Crippen LogP contribution in [0.25, 0.3) is 0 Å². The largest absolute Gasteiger partial charge is 0.462 e. The molecule has 1 amide bonds. The molecule has 4 heterocycles. The number of carbonyl (C=O) groups excluding carboxylic acids is 2. The predicted molar refractivity (Wildman–Crippen MR) is 249 cm³/mol. The second-order valence-electron chi connectivity index (χ2n) is 18.6. The van der Waals surface area contributed by atoms with Gasteiger partial charge in [-0.25, -0.2) is 0 Å². The smallest absolute Gasteiger partial charge is 0.308 e. The van der Waals surface area contributed by atoms with Gasteiger partial charge in [0.05, 0.1) is 111 Å². The average Bonchev–Trinajstić information content (AvgIpc) is 3.67. The predicted octanol–water partition coefficient (Wildman–Crippen LogP) is -1.13. The van der Waals surface area contributed by atoms with Crippen molar-refractivity contribution in [1.82, 2.24) is 5.32 Å². The Morgan fingerprint density at radius 2 is 1.29 bits per heavy atom. The van der Waals surface area contributed by atoms with E-state index in [1.165, 1.54) is 0 Å². The lowest BCUT2D eigenvalue weighted by Gasteiger charge is -2.46. The number of aliphatic hydroxyl groups is 11. The highest BCUT2D eigenvalue weighted by atomic mass is 16.7. The van der Waals surface area contributed by atoms with Crippen LogP contribution in [0, 0.1) is 11.8 Å². The molecule has 20 heteroatoms. The van der Waals surface area contributed by atoms with Crippen molar-refractivity contribution in [1.29, 1.82) is 0 Å². The number of esters is 1. The van der Waals surface area contributed by atoms with Gasteiger partial charge in [0.25, 0.3) is 0 Å². The topological polar surface area (TPSA) is 341 Å². The number of carbonyl (C=O) groups is 2. The molecule has 4 rings (SSSR count). The minimum Gasteiger partial charge on any atom is -0.462 e. The summed E-state index contributed by atoms with van der Waals surface area (Å²) in [4.78, 5) is 26.4. The van der Waals surface area contributed by atoms with Crippen LogP contribution >= 0.6 is 0 Å². The highest BCUT2D eigenvalue weighted by Crippen LogP contribution is 2.38. The molecule has 3 saturated heterocycles. The maximum absolute atomic E-state index is 13.9. The van der Waals surface area contributed by atoms with Crippen LogP contribution in [0.1, 0.15) is 71.6 Å². The molecule has 4 aliphatic heterocycles. The van der Waals surface area contributed by atoms with Crippen LogP contribution in [0.3, 0.4) is 0 Å². The Morgan fingerprint density at radius 1 is 0.667 bits per heavy atom. The highest BCUT2D eigenvalue weighted by Gasteiger charge is 2.51. The number of fused-ring (bicyclic) bond motifs is 2. The summed E-state index contributed by atoms with van der Waals surface area (Å²) in [6, 6.07) is -1.95. The molecule has 0 aliphatic carbocycles. The second-order valence-corrected chi connectivity index (χ2v) is 18.6. The summed E-state index contributed by atoms with van der Waals surface area (Å²) >= 11 is 0. The lowest BCUT2D eigenvalue weighted by molar-refractivity contribution is -0.304. The van der Waals surface area contributed by atoms with Crippen LogP contribution in [-0.4, -0.2) is 191 Å². The minimum absolute atomic E-state index is 0.00526. The monoisotopic (exact) mass is 981 g/mol. The van der Waals surface area contributed by atoms with Gasteiger partial charge in [-0.2, -0.15) is 0 Å². The van der Waals surface area contributed by atoms with Gasteiger partial charge in [-0.05, 0) is 26.2 Å². The molecule has 69 heavy (non-hydrogen) atoms. The van der Waals surface area contributed by atoms with Crippen LogP contribution in [0.2, 0.25) is 0 Å². The van der Waals surface area contributed by atoms with Crippen molar-refractivity contribution in [3.05, 3.63) is 85.1 Å². The van der Waals surface area contributed by atoms with Crippen LogP contribution in [0.4, 0.5) is 0 Å². The molecule has 0 aromatic rings. The fourth-order valence-electron chi connectivity index (χ4n) is 8.47. The normalized spacial score (nSPS) is 44.6. The summed E-state index contributed by atoms with van der Waals surface area (Å²) in [5.41, 5.74) is 6.01. The van der Waals surface area contributed by atoms with E-state index in [2.05, 4.69) is 5.32 Å². The summed E-state index contributed by atoms with van der Waals surface area (Å²) in [5, 5.41) is 122. The number of nitrogens with one attached hydrogen (secondary N) is 1. The molecular weight excluding hydrogens is 905 g/mol. The van der Waals surface area contributed by atoms with E-state index in [1.807, 2.05) is 25.2 Å². The highest BCUT2D eigenvalue weighted by molar-refractivity contribution is 5.80. The van der Waals surface area contributed by atoms with Crippen molar-refractivity contribution in [2.75, 3.05) is 19.8 Å². The van der Waals surface area contributed by atoms with E-state index in [0.29, 0.717) is 0 Å². The Balaban J connectivity index is 1.58. The Bertz CT molecular complexity index is 1770. The first kappa shape index (κ1) is 58.1. The number of allylic oxidation sites excluding steroid dienone is 12. The zero-order valence-corrected chi connectivity index (χ0v) is 39.3. The molecule has 20 nitrogen and oxygen atoms in total. The molecule has 4 aliphatic rings. The average molecular weight is 981 g/mol. The first-order valence-electron chi connectivity index (χ1n) is 23.7. The number of amides is 1. The van der Waals surface area contributed by atoms with Crippen molar-refractivity contribution in [3.8, 4) is 0 Å². The molecule has 2 bridgehead atoms. The van der Waals surface area contributed by atoms with Crippen molar-refractivity contribution in [3.63, 3.8) is 0 Å². The van der Waals surface area contributed by atoms with E-state index in [1.54, 1.807) is 73.8 Å². The molecular formula is C49H76N2O18. The number of ether oxygens (including phenoxy) is 5. The maximum atomic E-state index is 13.9. The molecule has 0 radical (unpaired) electrons. The summed E-state index contributed by atoms with van der Waals surface area (Å²) in [6.07, 6.45) is 3.98. The molecule has 0 spiro atoms. The minimum atomic E-state index is -2.32. The quantitative estimate of drug-likeness (QED) is 0.148. The van der Waals surface area contributed by atoms with E-state index in [9.17, 15) is 65.8 Å². The number of cyclic esters (lactones) is 1. The van der Waals surface area contributed by atoms with Crippen LogP contribution in [0.15, 0.2) is 85.1 Å². The zero-order chi connectivity index (χ0) is 50.7. The fourth-order valence-corrected chi connectivity index (χ4v) is 8.47. The van der Waals surface area contributed by atoms with Gasteiger partial charge >= 0.3 is 5.97 Å². The van der Waals surface area contributed by atoms with Gasteiger partial charge in [-0.15, -0.1) is 0 Å². The summed E-state index contributed by atoms with van der Waals surface area (Å²) < 4.78 is 28.5. The molecule has 0 aromatic heterocycles. The lowest BCUT2D eigenvalue weighted by atomic mass is 9.82. The summed E-state index contributed by atoms with van der Waals surface area (Å²) in [5.74, 6) is -5.45. The summed E-state index contributed by atoms with van der Waals surface area (Å²) in [6.45, 7) is 3.14. The molecule has 3 fully saturated rings. The molecule has 390 valence electrons. The standard InChI is InChI=1S/C49H76N2O18/c1-29-15-13-11-9-7-5-3-4-6-8-10-12-14-16-34(68-48-46(62)45(50)41(60)28-66-48)23-42-44(47(63)51-35-26-65-27-40(35)59)39(58)25-49(64,69-42)24-33(54)21-38(57)36(55)18-17-31(52)20-32(53)22-43(61)67-30(2)19-37(29)56/h3-16,29-42,44-46,48,52-60,62,64H,17-28,50H2,1-2H3,(H,51,63)/b4-3+,7-5+,8-6+,11-9+,12-10+,15-13+,16-14+/t29-,30-,31?,32?,33?,34?,35+,36?,37?,38?,39-,40+,41?,42-,44?,45-,46?,48-,49?/m0/s1. The lowest BCUT2D eigenvalue weighted by Crippen LogP contribution is -2.60. The number of aliphatic hydroxyl groups excluding tert-OH is 10. The van der Waals surface area contributed by atoms with Gasteiger partial charge in [0.1, 0.15) is 12.2 Å². The molecule has 14 N–H and O–H groups in total. The number of hydrogen-bond acceptors (Lipinski definition) is 19. The second kappa shape index (κ2) is 29.1. The van der Waals surface area contributed by atoms with Crippen LogP contribution in [0.5, 0.6) is 0 Å². The first-order chi connectivity index (χ1) is 32.7. The van der Waals surface area contributed by atoms with Crippen LogP contribution in [-0.2, 0) is 33.3 Å². The Hall–Kier alpha value is -3.52. The molecule has 11 unspecified atom stereocenters. The van der Waals surface area contributed by atoms with Gasteiger partial charge in [0, 0.05) is 38.0 Å². The zero-order valence-electron chi connectivity index (χ0n) is 39.3. The Morgan fingerprint density at radius 3 is 1.91 bits per heavy atom. The van der Waals surface area contributed by atoms with Crippen LogP contribution < -0.4 is 11.1 Å². The van der Waals surface area contributed by atoms with Gasteiger partial charge in [0.2, 0.25) is 5.91 Å². The number of nitrogens with two attached hydrogens (primary N) is 1. The van der Waals surface area contributed by atoms with E-state index < -0.39 is 147 Å². The van der Waals surface area contributed by atoms with Gasteiger partial charge in [-0.1, -0.05) is 92.0 Å². The van der Waals surface area contributed by atoms with E-state index in [-0.39, 0.29) is 57.8 Å².